The van der Waals surface area contributed by atoms with E-state index in [0.717, 1.165) is 11.2 Å². The van der Waals surface area contributed by atoms with Crippen LogP contribution in [0.15, 0.2) is 24.4 Å². The Morgan fingerprint density at radius 1 is 1.58 bits per heavy atom. The zero-order chi connectivity index (χ0) is 8.97. The topological polar surface area (TPSA) is 36.2 Å². The molecule has 3 heteroatoms. The summed E-state index contributed by atoms with van der Waals surface area (Å²) in [6.45, 7) is 3.95. The van der Waals surface area contributed by atoms with Crippen molar-refractivity contribution in [1.82, 2.24) is 0 Å². The summed E-state index contributed by atoms with van der Waals surface area (Å²) >= 11 is 0. The average Bonchev–Trinajstić information content (AvgIpc) is 2.09. The van der Waals surface area contributed by atoms with E-state index in [1.54, 1.807) is 18.2 Å². The lowest BCUT2D eigenvalue weighted by Gasteiger charge is -2.10. The predicted octanol–water partition coefficient (Wildman–Crippen LogP) is 1.50. The number of aromatic nitrogens is 1. The Hall–Kier alpha value is -1.25. The van der Waals surface area contributed by atoms with Gasteiger partial charge in [0.1, 0.15) is 6.10 Å². The third-order valence-corrected chi connectivity index (χ3v) is 1.69. The molecule has 0 N–H and O–H groups in total. The van der Waals surface area contributed by atoms with Crippen molar-refractivity contribution in [3.8, 4) is 5.88 Å². The van der Waals surface area contributed by atoms with Gasteiger partial charge in [0.2, 0.25) is 0 Å². The summed E-state index contributed by atoms with van der Waals surface area (Å²) in [5.74, 6) is 0.367. The van der Waals surface area contributed by atoms with Gasteiger partial charge in [-0.15, -0.1) is 4.73 Å². The molecule has 1 aromatic heterocycles. The second-order valence-electron chi connectivity index (χ2n) is 2.70. The SMILES string of the molecule is CCC(C)Oc1cccc[n+]1[O-]. The molecule has 0 aliphatic rings. The quantitative estimate of drug-likeness (QED) is 0.505. The summed E-state index contributed by atoms with van der Waals surface area (Å²) in [6, 6.07) is 5.13. The Labute approximate surface area is 72.2 Å². The third kappa shape index (κ3) is 2.12. The predicted molar refractivity (Wildman–Crippen MR) is 45.8 cm³/mol. The van der Waals surface area contributed by atoms with Crippen molar-refractivity contribution in [3.63, 3.8) is 0 Å². The highest BCUT2D eigenvalue weighted by atomic mass is 16.6. The van der Waals surface area contributed by atoms with E-state index in [1.807, 2.05) is 13.8 Å². The minimum Gasteiger partial charge on any atom is -0.616 e. The molecule has 1 unspecified atom stereocenters. The molecule has 0 spiro atoms. The maximum atomic E-state index is 11.1. The normalized spacial score (nSPS) is 12.5. The molecule has 3 nitrogen and oxygen atoms in total. The lowest BCUT2D eigenvalue weighted by Crippen LogP contribution is -2.30. The van der Waals surface area contributed by atoms with Gasteiger partial charge < -0.3 is 9.94 Å². The molecule has 0 aliphatic carbocycles. The van der Waals surface area contributed by atoms with Crippen LogP contribution in [0.3, 0.4) is 0 Å². The standard InChI is InChI=1S/C9H13NO2/c1-3-8(2)12-9-6-4-5-7-10(9)11/h4-8H,3H2,1-2H3. The van der Waals surface area contributed by atoms with Crippen molar-refractivity contribution in [1.29, 1.82) is 0 Å². The van der Waals surface area contributed by atoms with Gasteiger partial charge in [-0.25, -0.2) is 0 Å². The van der Waals surface area contributed by atoms with Gasteiger partial charge in [0.15, 0.2) is 6.20 Å². The lowest BCUT2D eigenvalue weighted by molar-refractivity contribution is -0.613. The van der Waals surface area contributed by atoms with E-state index in [2.05, 4.69) is 0 Å². The summed E-state index contributed by atoms with van der Waals surface area (Å²) in [5, 5.41) is 11.1. The van der Waals surface area contributed by atoms with Crippen LogP contribution in [0, 0.1) is 5.21 Å². The molecule has 1 aromatic rings. The number of rotatable bonds is 3. The Kier molecular flexibility index (Phi) is 2.91. The van der Waals surface area contributed by atoms with Gasteiger partial charge >= 0.3 is 5.88 Å². The molecule has 0 aromatic carbocycles. The molecule has 12 heavy (non-hydrogen) atoms. The number of hydrogen-bond donors (Lipinski definition) is 0. The highest BCUT2D eigenvalue weighted by Gasteiger charge is 2.07. The molecule has 1 rings (SSSR count). The van der Waals surface area contributed by atoms with Crippen LogP contribution >= 0.6 is 0 Å². The Morgan fingerprint density at radius 2 is 2.33 bits per heavy atom. The molecular weight excluding hydrogens is 154 g/mol. The van der Waals surface area contributed by atoms with Gasteiger partial charge in [-0.1, -0.05) is 6.92 Å². The first-order valence-electron chi connectivity index (χ1n) is 4.09. The summed E-state index contributed by atoms with van der Waals surface area (Å²) in [6.07, 6.45) is 2.42. The molecule has 0 bridgehead atoms. The Morgan fingerprint density at radius 3 is 2.92 bits per heavy atom. The molecule has 1 atom stereocenters. The summed E-state index contributed by atoms with van der Waals surface area (Å²) in [7, 11) is 0. The van der Waals surface area contributed by atoms with E-state index < -0.39 is 0 Å². The molecule has 0 radical (unpaired) electrons. The first kappa shape index (κ1) is 8.84. The minimum absolute atomic E-state index is 0.0904. The number of pyridine rings is 1. The van der Waals surface area contributed by atoms with Crippen LogP contribution in [-0.2, 0) is 0 Å². The zero-order valence-corrected chi connectivity index (χ0v) is 7.36. The van der Waals surface area contributed by atoms with Crippen molar-refractivity contribution in [2.75, 3.05) is 0 Å². The maximum Gasteiger partial charge on any atom is 0.379 e. The lowest BCUT2D eigenvalue weighted by atomic mass is 10.3. The molecular formula is C9H13NO2. The molecule has 1 heterocycles. The second kappa shape index (κ2) is 3.95. The van der Waals surface area contributed by atoms with Crippen molar-refractivity contribution in [2.24, 2.45) is 0 Å². The van der Waals surface area contributed by atoms with Gasteiger partial charge in [-0.3, -0.25) is 0 Å². The number of nitrogens with zero attached hydrogens (tertiary/aromatic N) is 1. The van der Waals surface area contributed by atoms with Gasteiger partial charge in [0.25, 0.3) is 0 Å². The maximum absolute atomic E-state index is 11.1. The minimum atomic E-state index is 0.0904. The Balaban J connectivity index is 2.69. The smallest absolute Gasteiger partial charge is 0.379 e. The average molecular weight is 167 g/mol. The first-order valence-corrected chi connectivity index (χ1v) is 4.09. The van der Waals surface area contributed by atoms with E-state index in [-0.39, 0.29) is 6.10 Å². The van der Waals surface area contributed by atoms with Gasteiger partial charge in [-0.2, -0.15) is 0 Å². The van der Waals surface area contributed by atoms with Crippen LogP contribution < -0.4 is 9.47 Å². The zero-order valence-electron chi connectivity index (χ0n) is 7.36. The van der Waals surface area contributed by atoms with E-state index in [0.29, 0.717) is 5.88 Å². The third-order valence-electron chi connectivity index (χ3n) is 1.69. The van der Waals surface area contributed by atoms with Crippen molar-refractivity contribution in [3.05, 3.63) is 29.6 Å². The van der Waals surface area contributed by atoms with Crippen LogP contribution in [0.5, 0.6) is 5.88 Å². The second-order valence-corrected chi connectivity index (χ2v) is 2.70. The van der Waals surface area contributed by atoms with Gasteiger partial charge in [0, 0.05) is 6.07 Å². The van der Waals surface area contributed by atoms with Gasteiger partial charge in [-0.05, 0) is 19.4 Å². The molecule has 0 fully saturated rings. The highest BCUT2D eigenvalue weighted by Crippen LogP contribution is 2.05. The summed E-state index contributed by atoms with van der Waals surface area (Å²) in [5.41, 5.74) is 0. The molecule has 0 aliphatic heterocycles. The van der Waals surface area contributed by atoms with Crippen LogP contribution in [0.4, 0.5) is 0 Å². The van der Waals surface area contributed by atoms with Gasteiger partial charge in [0.05, 0.1) is 6.07 Å². The summed E-state index contributed by atoms with van der Waals surface area (Å²) < 4.78 is 6.07. The van der Waals surface area contributed by atoms with Crippen LogP contribution in [0.1, 0.15) is 20.3 Å². The first-order chi connectivity index (χ1) is 5.74. The van der Waals surface area contributed by atoms with E-state index >= 15 is 0 Å². The van der Waals surface area contributed by atoms with Crippen molar-refractivity contribution in [2.45, 2.75) is 26.4 Å². The van der Waals surface area contributed by atoms with Crippen molar-refractivity contribution < 1.29 is 9.47 Å². The molecule has 0 saturated heterocycles. The fraction of sp³-hybridized carbons (Fsp3) is 0.444. The summed E-state index contributed by atoms with van der Waals surface area (Å²) in [4.78, 5) is 0. The Bertz CT molecular complexity index is 250. The van der Waals surface area contributed by atoms with E-state index in [1.165, 1.54) is 6.20 Å². The fourth-order valence-corrected chi connectivity index (χ4v) is 0.793. The van der Waals surface area contributed by atoms with Crippen LogP contribution in [0.25, 0.3) is 0 Å². The molecule has 0 saturated carbocycles. The molecule has 0 amide bonds. The van der Waals surface area contributed by atoms with E-state index in [4.69, 9.17) is 4.74 Å². The largest absolute Gasteiger partial charge is 0.616 e. The van der Waals surface area contributed by atoms with Crippen LogP contribution in [-0.4, -0.2) is 6.10 Å². The molecule has 66 valence electrons. The monoisotopic (exact) mass is 167 g/mol. The fourth-order valence-electron chi connectivity index (χ4n) is 0.793. The van der Waals surface area contributed by atoms with E-state index in [9.17, 15) is 5.21 Å². The number of hydrogen-bond acceptors (Lipinski definition) is 2. The van der Waals surface area contributed by atoms with Crippen molar-refractivity contribution >= 4 is 0 Å². The number of ether oxygens (including phenoxy) is 1. The highest BCUT2D eigenvalue weighted by molar-refractivity contribution is 5.03. The van der Waals surface area contributed by atoms with Crippen LogP contribution in [0.2, 0.25) is 0 Å².